The van der Waals surface area contributed by atoms with Gasteiger partial charge < -0.3 is 5.11 Å². The van der Waals surface area contributed by atoms with Gasteiger partial charge in [-0.3, -0.25) is 4.79 Å². The van der Waals surface area contributed by atoms with Crippen molar-refractivity contribution in [2.45, 2.75) is 19.4 Å². The van der Waals surface area contributed by atoms with Crippen LogP contribution in [0.4, 0.5) is 4.39 Å². The highest BCUT2D eigenvalue weighted by atomic mass is 19.1. The van der Waals surface area contributed by atoms with E-state index < -0.39 is 11.9 Å². The third kappa shape index (κ3) is 2.09. The number of halogens is 1. The first-order valence-electron chi connectivity index (χ1n) is 6.06. The highest BCUT2D eigenvalue weighted by Gasteiger charge is 2.27. The van der Waals surface area contributed by atoms with Crippen molar-refractivity contribution in [2.75, 3.05) is 0 Å². The number of carboxylic acid groups (broad SMARTS) is 1. The van der Waals surface area contributed by atoms with E-state index in [1.165, 1.54) is 6.07 Å². The minimum atomic E-state index is -0.825. The average Bonchev–Trinajstić information content (AvgIpc) is 2.81. The number of hydrogen-bond donors (Lipinski definition) is 1. The fraction of sp³-hybridized carbons (Fsp3) is 0.308. The number of aliphatic carboxylic acids is 1. The normalized spacial score (nSPS) is 18.1. The van der Waals surface area contributed by atoms with Gasteiger partial charge in [-0.05, 0) is 18.6 Å². The summed E-state index contributed by atoms with van der Waals surface area (Å²) in [5.74, 6) is -0.605. The Hall–Kier alpha value is -2.24. The molecular formula is C13H12FN3O2. The van der Waals surface area contributed by atoms with Crippen LogP contribution >= 0.6 is 0 Å². The summed E-state index contributed by atoms with van der Waals surface area (Å²) >= 11 is 0. The van der Waals surface area contributed by atoms with Gasteiger partial charge in [0, 0.05) is 6.42 Å². The Morgan fingerprint density at radius 1 is 1.42 bits per heavy atom. The van der Waals surface area contributed by atoms with Gasteiger partial charge in [0.25, 0.3) is 0 Å². The first-order valence-corrected chi connectivity index (χ1v) is 6.06. The van der Waals surface area contributed by atoms with Crippen molar-refractivity contribution < 1.29 is 14.3 Å². The summed E-state index contributed by atoms with van der Waals surface area (Å²) in [6.45, 7) is 0.298. The molecule has 2 heterocycles. The second kappa shape index (κ2) is 4.46. The van der Waals surface area contributed by atoms with E-state index in [-0.39, 0.29) is 5.82 Å². The van der Waals surface area contributed by atoms with Crippen LogP contribution in [0.2, 0.25) is 0 Å². The SMILES string of the molecule is O=C(O)C1CCc2nc(-c3ccccc3F)nn2C1. The maximum absolute atomic E-state index is 13.7. The standard InChI is InChI=1S/C13H12FN3O2/c14-10-4-2-1-3-9(10)12-15-11-6-5-8(13(18)19)7-17(11)16-12/h1-4,8H,5-7H2,(H,18,19). The molecular weight excluding hydrogens is 249 g/mol. The van der Waals surface area contributed by atoms with Crippen molar-refractivity contribution in [3.8, 4) is 11.4 Å². The maximum Gasteiger partial charge on any atom is 0.308 e. The second-order valence-electron chi connectivity index (χ2n) is 4.59. The van der Waals surface area contributed by atoms with Crippen LogP contribution in [0.1, 0.15) is 12.2 Å². The molecule has 3 rings (SSSR count). The number of hydrogen-bond acceptors (Lipinski definition) is 3. The Bertz CT molecular complexity index is 639. The van der Waals surface area contributed by atoms with Gasteiger partial charge in [-0.1, -0.05) is 12.1 Å². The van der Waals surface area contributed by atoms with E-state index in [1.54, 1.807) is 22.9 Å². The Labute approximate surface area is 108 Å². The molecule has 1 aliphatic heterocycles. The van der Waals surface area contributed by atoms with E-state index in [1.807, 2.05) is 0 Å². The van der Waals surface area contributed by atoms with E-state index >= 15 is 0 Å². The molecule has 6 heteroatoms. The molecule has 0 aliphatic carbocycles. The van der Waals surface area contributed by atoms with E-state index in [4.69, 9.17) is 5.11 Å². The summed E-state index contributed by atoms with van der Waals surface area (Å²) in [7, 11) is 0. The van der Waals surface area contributed by atoms with Crippen molar-refractivity contribution >= 4 is 5.97 Å². The fourth-order valence-electron chi connectivity index (χ4n) is 2.27. The molecule has 1 aromatic heterocycles. The molecule has 98 valence electrons. The molecule has 0 bridgehead atoms. The summed E-state index contributed by atoms with van der Waals surface area (Å²) in [6, 6.07) is 6.30. The minimum Gasteiger partial charge on any atom is -0.481 e. The molecule has 0 fully saturated rings. The summed E-state index contributed by atoms with van der Waals surface area (Å²) in [5, 5.41) is 13.2. The van der Waals surface area contributed by atoms with E-state index in [2.05, 4.69) is 10.1 Å². The number of nitrogens with zero attached hydrogens (tertiary/aromatic N) is 3. The van der Waals surface area contributed by atoms with Gasteiger partial charge in [-0.15, -0.1) is 0 Å². The van der Waals surface area contributed by atoms with E-state index in [0.717, 1.165) is 5.82 Å². The van der Waals surface area contributed by atoms with Gasteiger partial charge in [-0.2, -0.15) is 5.10 Å². The van der Waals surface area contributed by atoms with E-state index in [9.17, 15) is 9.18 Å². The van der Waals surface area contributed by atoms with Crippen molar-refractivity contribution in [1.29, 1.82) is 0 Å². The number of fused-ring (bicyclic) bond motifs is 1. The van der Waals surface area contributed by atoms with Gasteiger partial charge in [0.1, 0.15) is 11.6 Å². The molecule has 5 nitrogen and oxygen atoms in total. The lowest BCUT2D eigenvalue weighted by Crippen LogP contribution is -2.27. The van der Waals surface area contributed by atoms with Crippen LogP contribution in [0.25, 0.3) is 11.4 Å². The van der Waals surface area contributed by atoms with Crippen molar-refractivity contribution in [1.82, 2.24) is 14.8 Å². The van der Waals surface area contributed by atoms with E-state index in [0.29, 0.717) is 30.8 Å². The van der Waals surface area contributed by atoms with Crippen LogP contribution in [-0.4, -0.2) is 25.8 Å². The lowest BCUT2D eigenvalue weighted by molar-refractivity contribution is -0.142. The average molecular weight is 261 g/mol. The Kier molecular flexibility index (Phi) is 2.77. The molecule has 0 amide bonds. The molecule has 0 saturated carbocycles. The first kappa shape index (κ1) is 11.8. The predicted octanol–water partition coefficient (Wildman–Crippen LogP) is 1.73. The first-order chi connectivity index (χ1) is 9.15. The van der Waals surface area contributed by atoms with Gasteiger partial charge >= 0.3 is 5.97 Å². The number of benzene rings is 1. The van der Waals surface area contributed by atoms with Crippen LogP contribution in [0.15, 0.2) is 24.3 Å². The number of carboxylic acids is 1. The predicted molar refractivity (Wildman–Crippen MR) is 64.9 cm³/mol. The molecule has 19 heavy (non-hydrogen) atoms. The summed E-state index contributed by atoms with van der Waals surface area (Å²) < 4.78 is 15.2. The van der Waals surface area contributed by atoms with Crippen molar-refractivity contribution in [2.24, 2.45) is 5.92 Å². The lowest BCUT2D eigenvalue weighted by atomic mass is 10.0. The van der Waals surface area contributed by atoms with Gasteiger partial charge in [0.05, 0.1) is 18.0 Å². The Morgan fingerprint density at radius 2 is 2.21 bits per heavy atom. The number of aryl methyl sites for hydroxylation is 1. The minimum absolute atomic E-state index is 0.298. The smallest absolute Gasteiger partial charge is 0.308 e. The third-order valence-corrected chi connectivity index (χ3v) is 3.32. The Balaban J connectivity index is 1.96. The van der Waals surface area contributed by atoms with Crippen molar-refractivity contribution in [3.05, 3.63) is 35.9 Å². The quantitative estimate of drug-likeness (QED) is 0.894. The fourth-order valence-corrected chi connectivity index (χ4v) is 2.27. The number of rotatable bonds is 2. The highest BCUT2D eigenvalue weighted by Crippen LogP contribution is 2.24. The third-order valence-electron chi connectivity index (χ3n) is 3.32. The zero-order valence-electron chi connectivity index (χ0n) is 10.1. The lowest BCUT2D eigenvalue weighted by Gasteiger charge is -2.18. The molecule has 1 aliphatic rings. The highest BCUT2D eigenvalue weighted by molar-refractivity contribution is 5.70. The zero-order chi connectivity index (χ0) is 13.4. The van der Waals surface area contributed by atoms with Crippen LogP contribution < -0.4 is 0 Å². The summed E-state index contributed by atoms with van der Waals surface area (Å²) in [4.78, 5) is 15.3. The van der Waals surface area contributed by atoms with Crippen LogP contribution in [0, 0.1) is 11.7 Å². The number of aromatic nitrogens is 3. The summed E-state index contributed by atoms with van der Waals surface area (Å²) in [5.41, 5.74) is 0.344. The molecule has 1 atom stereocenters. The van der Waals surface area contributed by atoms with Gasteiger partial charge in [-0.25, -0.2) is 14.1 Å². The molecule has 1 unspecified atom stereocenters. The van der Waals surface area contributed by atoms with Crippen molar-refractivity contribution in [3.63, 3.8) is 0 Å². The largest absolute Gasteiger partial charge is 0.481 e. The molecule has 0 radical (unpaired) electrons. The van der Waals surface area contributed by atoms with Gasteiger partial charge in [0.15, 0.2) is 5.82 Å². The second-order valence-corrected chi connectivity index (χ2v) is 4.59. The zero-order valence-corrected chi connectivity index (χ0v) is 10.1. The molecule has 1 aromatic carbocycles. The molecule has 1 N–H and O–H groups in total. The summed E-state index contributed by atoms with van der Waals surface area (Å²) in [6.07, 6.45) is 1.10. The molecule has 0 saturated heterocycles. The Morgan fingerprint density at radius 3 is 2.95 bits per heavy atom. The van der Waals surface area contributed by atoms with Crippen LogP contribution in [-0.2, 0) is 17.8 Å². The molecule has 2 aromatic rings. The monoisotopic (exact) mass is 261 g/mol. The molecule has 0 spiro atoms. The maximum atomic E-state index is 13.7. The van der Waals surface area contributed by atoms with Crippen LogP contribution in [0.5, 0.6) is 0 Å². The topological polar surface area (TPSA) is 68.0 Å². The van der Waals surface area contributed by atoms with Crippen LogP contribution in [0.3, 0.4) is 0 Å². The number of carbonyl (C=O) groups is 1. The van der Waals surface area contributed by atoms with Gasteiger partial charge in [0.2, 0.25) is 0 Å².